The summed E-state index contributed by atoms with van der Waals surface area (Å²) in [6.45, 7) is 3.01. The summed E-state index contributed by atoms with van der Waals surface area (Å²) in [5, 5.41) is 10.5. The van der Waals surface area contributed by atoms with Gasteiger partial charge in [-0.15, -0.1) is 5.10 Å². The highest BCUT2D eigenvalue weighted by Gasteiger charge is 2.32. The monoisotopic (exact) mass is 514 g/mol. The summed E-state index contributed by atoms with van der Waals surface area (Å²) >= 11 is 0. The van der Waals surface area contributed by atoms with Gasteiger partial charge in [0.15, 0.2) is 11.2 Å². The van der Waals surface area contributed by atoms with Crippen molar-refractivity contribution in [2.45, 2.75) is 37.1 Å². The van der Waals surface area contributed by atoms with Crippen molar-refractivity contribution < 1.29 is 8.42 Å². The van der Waals surface area contributed by atoms with Gasteiger partial charge in [0, 0.05) is 19.0 Å². The summed E-state index contributed by atoms with van der Waals surface area (Å²) in [4.78, 5) is 20.7. The maximum Gasteiger partial charge on any atom is 0.281 e. The molecule has 0 bridgehead atoms. The van der Waals surface area contributed by atoms with E-state index in [1.54, 1.807) is 28.9 Å². The van der Waals surface area contributed by atoms with E-state index >= 15 is 0 Å². The summed E-state index contributed by atoms with van der Waals surface area (Å²) in [7, 11) is -3.64. The Morgan fingerprint density at radius 3 is 2.62 bits per heavy atom. The number of aryl methyl sites for hydroxylation is 1. The summed E-state index contributed by atoms with van der Waals surface area (Å²) in [5.41, 5.74) is 2.21. The second-order valence-corrected chi connectivity index (χ2v) is 11.5. The van der Waals surface area contributed by atoms with E-state index in [9.17, 15) is 13.2 Å². The molecule has 5 aromatic rings. The molecule has 0 radical (unpaired) electrons. The van der Waals surface area contributed by atoms with Crippen LogP contribution in [0.25, 0.3) is 21.9 Å². The van der Waals surface area contributed by atoms with E-state index in [4.69, 9.17) is 4.98 Å². The van der Waals surface area contributed by atoms with Crippen molar-refractivity contribution in [3.8, 4) is 0 Å². The molecule has 2 aromatic heterocycles. The predicted octanol–water partition coefficient (Wildman–Crippen LogP) is 3.59. The number of hydrogen-bond acceptors (Lipinski definition) is 6. The van der Waals surface area contributed by atoms with E-state index < -0.39 is 10.0 Å². The minimum atomic E-state index is -3.64. The number of aromatic amines is 1. The number of hydrogen-bond donors (Lipinski definition) is 1. The molecule has 3 heterocycles. The lowest BCUT2D eigenvalue weighted by Crippen LogP contribution is -2.39. The molecule has 0 aliphatic carbocycles. The van der Waals surface area contributed by atoms with E-state index in [-0.39, 0.29) is 28.4 Å². The van der Waals surface area contributed by atoms with Gasteiger partial charge in [-0.25, -0.2) is 18.1 Å². The summed E-state index contributed by atoms with van der Waals surface area (Å²) < 4.78 is 29.7. The zero-order valence-electron chi connectivity index (χ0n) is 20.3. The van der Waals surface area contributed by atoms with Crippen LogP contribution in [-0.4, -0.2) is 50.8 Å². The van der Waals surface area contributed by atoms with Crippen LogP contribution in [0.15, 0.2) is 76.4 Å². The average Bonchev–Trinajstić information content (AvgIpc) is 3.32. The van der Waals surface area contributed by atoms with Crippen molar-refractivity contribution in [1.82, 2.24) is 29.3 Å². The van der Waals surface area contributed by atoms with Crippen LogP contribution in [0, 0.1) is 6.92 Å². The number of piperidine rings is 1. The highest BCUT2D eigenvalue weighted by atomic mass is 32.2. The first-order valence-electron chi connectivity index (χ1n) is 12.3. The van der Waals surface area contributed by atoms with Crippen molar-refractivity contribution in [2.24, 2.45) is 0 Å². The molecule has 1 aliphatic heterocycles. The van der Waals surface area contributed by atoms with Gasteiger partial charge < -0.3 is 4.98 Å². The molecule has 3 aromatic carbocycles. The third-order valence-electron chi connectivity index (χ3n) is 6.97. The Labute approximate surface area is 213 Å². The topological polar surface area (TPSA) is 114 Å². The zero-order chi connectivity index (χ0) is 25.6. The third kappa shape index (κ3) is 4.42. The SMILES string of the molecule is Cc1ccc(S(=O)(=O)N2CCCC(c3nc4c(nnn4Cc4ccc5ccccc5c4)c(=O)[nH]3)C2)cc1. The fourth-order valence-electron chi connectivity index (χ4n) is 4.94. The molecule has 0 amide bonds. The number of H-pyrrole nitrogens is 1. The molecule has 1 fully saturated rings. The van der Waals surface area contributed by atoms with Crippen LogP contribution in [0.2, 0.25) is 0 Å². The van der Waals surface area contributed by atoms with Gasteiger partial charge >= 0.3 is 0 Å². The summed E-state index contributed by atoms with van der Waals surface area (Å²) in [6, 6.07) is 21.2. The lowest BCUT2D eigenvalue weighted by atomic mass is 9.99. The molecule has 0 saturated carbocycles. The van der Waals surface area contributed by atoms with Gasteiger partial charge in [0.05, 0.1) is 11.4 Å². The smallest absolute Gasteiger partial charge is 0.281 e. The fourth-order valence-corrected chi connectivity index (χ4v) is 6.46. The van der Waals surface area contributed by atoms with Gasteiger partial charge in [-0.3, -0.25) is 4.79 Å². The maximum absolute atomic E-state index is 13.3. The Morgan fingerprint density at radius 2 is 1.81 bits per heavy atom. The van der Waals surface area contributed by atoms with Gasteiger partial charge in [0.1, 0.15) is 5.82 Å². The molecule has 10 heteroatoms. The highest BCUT2D eigenvalue weighted by Crippen LogP contribution is 2.29. The molecule has 9 nitrogen and oxygen atoms in total. The quantitative estimate of drug-likeness (QED) is 0.383. The van der Waals surface area contributed by atoms with Crippen molar-refractivity contribution in [3.63, 3.8) is 0 Å². The molecular formula is C27H26N6O3S. The van der Waals surface area contributed by atoms with Crippen molar-refractivity contribution in [1.29, 1.82) is 0 Å². The molecule has 1 N–H and O–H groups in total. The lowest BCUT2D eigenvalue weighted by molar-refractivity contribution is 0.309. The molecule has 37 heavy (non-hydrogen) atoms. The van der Waals surface area contributed by atoms with Gasteiger partial charge in [-0.1, -0.05) is 59.3 Å². The predicted molar refractivity (Wildman–Crippen MR) is 141 cm³/mol. The first-order chi connectivity index (χ1) is 17.9. The number of fused-ring (bicyclic) bond motifs is 2. The second kappa shape index (κ2) is 9.20. The van der Waals surface area contributed by atoms with Crippen LogP contribution in [0.5, 0.6) is 0 Å². The van der Waals surface area contributed by atoms with E-state index in [0.717, 1.165) is 28.3 Å². The zero-order valence-corrected chi connectivity index (χ0v) is 21.1. The standard InChI is InChI=1S/C27H26N6O3S/c1-18-8-12-23(13-9-18)37(35,36)32-14-4-7-22(17-32)25-28-26-24(27(34)29-25)30-31-33(26)16-19-10-11-20-5-2-3-6-21(20)15-19/h2-3,5-6,8-13,15,22H,4,7,14,16-17H2,1H3,(H,28,29,34). The average molecular weight is 515 g/mol. The van der Waals surface area contributed by atoms with E-state index in [1.165, 1.54) is 4.31 Å². The molecule has 1 atom stereocenters. The number of aromatic nitrogens is 5. The fraction of sp³-hybridized carbons (Fsp3) is 0.259. The van der Waals surface area contributed by atoms with Crippen molar-refractivity contribution in [3.05, 3.63) is 94.0 Å². The number of rotatable bonds is 5. The van der Waals surface area contributed by atoms with Crippen LogP contribution in [0.4, 0.5) is 0 Å². The Hall–Kier alpha value is -3.89. The van der Waals surface area contributed by atoms with Gasteiger partial charge in [-0.05, 0) is 54.3 Å². The van der Waals surface area contributed by atoms with Crippen molar-refractivity contribution >= 4 is 32.0 Å². The molecule has 6 rings (SSSR count). The van der Waals surface area contributed by atoms with Crippen LogP contribution in [-0.2, 0) is 16.6 Å². The third-order valence-corrected chi connectivity index (χ3v) is 8.85. The first kappa shape index (κ1) is 23.5. The molecule has 188 valence electrons. The molecule has 1 aliphatic rings. The molecule has 1 saturated heterocycles. The molecule has 1 unspecified atom stereocenters. The largest absolute Gasteiger partial charge is 0.308 e. The Bertz CT molecular complexity index is 1780. The van der Waals surface area contributed by atoms with Crippen molar-refractivity contribution in [2.75, 3.05) is 13.1 Å². The highest BCUT2D eigenvalue weighted by molar-refractivity contribution is 7.89. The van der Waals surface area contributed by atoms with Crippen LogP contribution in [0.1, 0.15) is 35.7 Å². The Kier molecular flexibility index (Phi) is 5.85. The number of nitrogens with one attached hydrogen (secondary N) is 1. The lowest BCUT2D eigenvalue weighted by Gasteiger charge is -2.31. The van der Waals surface area contributed by atoms with Gasteiger partial charge in [0.25, 0.3) is 5.56 Å². The first-order valence-corrected chi connectivity index (χ1v) is 13.7. The van der Waals surface area contributed by atoms with Crippen LogP contribution < -0.4 is 5.56 Å². The summed E-state index contributed by atoms with van der Waals surface area (Å²) in [5.74, 6) is 0.221. The molecule has 0 spiro atoms. The normalized spacial score (nSPS) is 16.9. The van der Waals surface area contributed by atoms with Gasteiger partial charge in [-0.2, -0.15) is 4.31 Å². The Morgan fingerprint density at radius 1 is 1.03 bits per heavy atom. The van der Waals surface area contributed by atoms with Gasteiger partial charge in [0.2, 0.25) is 10.0 Å². The number of nitrogens with zero attached hydrogens (tertiary/aromatic N) is 5. The minimum Gasteiger partial charge on any atom is -0.308 e. The van der Waals surface area contributed by atoms with Crippen LogP contribution in [0.3, 0.4) is 0 Å². The minimum absolute atomic E-state index is 0.171. The van der Waals surface area contributed by atoms with E-state index in [2.05, 4.69) is 39.6 Å². The number of benzene rings is 3. The van der Waals surface area contributed by atoms with E-state index in [1.807, 2.05) is 25.1 Å². The molecular weight excluding hydrogens is 488 g/mol. The van der Waals surface area contributed by atoms with Crippen LogP contribution >= 0.6 is 0 Å². The van der Waals surface area contributed by atoms with E-state index in [0.29, 0.717) is 31.0 Å². The second-order valence-electron chi connectivity index (χ2n) is 9.57. The summed E-state index contributed by atoms with van der Waals surface area (Å²) in [6.07, 6.45) is 1.40. The maximum atomic E-state index is 13.3. The number of sulfonamides is 1. The Balaban J connectivity index is 1.30.